The van der Waals surface area contributed by atoms with Gasteiger partial charge in [-0.1, -0.05) is 66.7 Å². The molecule has 0 aliphatic heterocycles. The summed E-state index contributed by atoms with van der Waals surface area (Å²) in [4.78, 5) is 24.3. The number of para-hydroxylation sites is 1. The zero-order valence-corrected chi connectivity index (χ0v) is 19.7. The lowest BCUT2D eigenvalue weighted by atomic mass is 9.97. The maximum atomic E-state index is 13.0. The molecule has 0 aliphatic carbocycles. The summed E-state index contributed by atoms with van der Waals surface area (Å²) >= 11 is 0. The number of aliphatic hydroxyl groups excluding tert-OH is 1. The number of methoxy groups -OCH3 is 1. The van der Waals surface area contributed by atoms with E-state index in [-0.39, 0.29) is 12.1 Å². The fourth-order valence-corrected chi connectivity index (χ4v) is 4.01. The Morgan fingerprint density at radius 1 is 0.972 bits per heavy atom. The van der Waals surface area contributed by atoms with Crippen LogP contribution in [0.3, 0.4) is 0 Å². The van der Waals surface area contributed by atoms with Gasteiger partial charge in [-0.15, -0.1) is 0 Å². The van der Waals surface area contributed by atoms with Crippen LogP contribution in [0.25, 0.3) is 22.4 Å². The number of aliphatic carboxylic acids is 1. The maximum absolute atomic E-state index is 13.0. The number of hydrogen-bond donors (Lipinski definition) is 4. The predicted octanol–water partition coefficient (Wildman–Crippen LogP) is 3.93. The second-order valence-electron chi connectivity index (χ2n) is 8.39. The number of amides is 1. The number of carboxylic acids is 1. The normalized spacial score (nSPS) is 12.5. The second kappa shape index (κ2) is 11.3. The molecule has 0 saturated heterocycles. The second-order valence-corrected chi connectivity index (χ2v) is 8.39. The molecule has 1 amide bonds. The van der Waals surface area contributed by atoms with Gasteiger partial charge in [-0.2, -0.15) is 5.10 Å². The first kappa shape index (κ1) is 24.7. The van der Waals surface area contributed by atoms with E-state index in [4.69, 9.17) is 4.74 Å². The summed E-state index contributed by atoms with van der Waals surface area (Å²) in [5, 5.41) is 29.0. The molecule has 8 heteroatoms. The molecule has 2 atom stereocenters. The Labute approximate surface area is 208 Å². The number of hydrogen-bond acceptors (Lipinski definition) is 5. The molecule has 36 heavy (non-hydrogen) atoms. The van der Waals surface area contributed by atoms with Crippen molar-refractivity contribution >= 4 is 11.9 Å². The zero-order chi connectivity index (χ0) is 25.5. The minimum absolute atomic E-state index is 0.144. The molecule has 1 aromatic heterocycles. The molecule has 3 aromatic carbocycles. The van der Waals surface area contributed by atoms with Gasteiger partial charge < -0.3 is 20.3 Å². The van der Waals surface area contributed by atoms with Gasteiger partial charge in [-0.05, 0) is 41.3 Å². The van der Waals surface area contributed by atoms with Crippen LogP contribution in [0.4, 0.5) is 0 Å². The van der Waals surface area contributed by atoms with Crippen LogP contribution in [0.15, 0.2) is 84.9 Å². The first-order chi connectivity index (χ1) is 17.4. The number of aromatic amines is 1. The summed E-state index contributed by atoms with van der Waals surface area (Å²) in [5.41, 5.74) is 4.51. The Morgan fingerprint density at radius 2 is 1.64 bits per heavy atom. The molecule has 0 aliphatic rings. The van der Waals surface area contributed by atoms with E-state index >= 15 is 0 Å². The molecule has 0 spiro atoms. The Hall–Kier alpha value is -4.43. The fraction of sp³-hybridized carbons (Fsp3) is 0.179. The average Bonchev–Trinajstić information content (AvgIpc) is 3.40. The minimum atomic E-state index is -1.61. The van der Waals surface area contributed by atoms with Crippen molar-refractivity contribution in [3.63, 3.8) is 0 Å². The third-order valence-electron chi connectivity index (χ3n) is 5.88. The molecule has 1 heterocycles. The number of H-pyrrole nitrogens is 1. The summed E-state index contributed by atoms with van der Waals surface area (Å²) in [6.45, 7) is 0. The topological polar surface area (TPSA) is 125 Å². The van der Waals surface area contributed by atoms with Crippen molar-refractivity contribution in [2.75, 3.05) is 7.11 Å². The van der Waals surface area contributed by atoms with Crippen molar-refractivity contribution in [2.45, 2.75) is 25.0 Å². The molecule has 0 radical (unpaired) electrons. The van der Waals surface area contributed by atoms with Crippen LogP contribution < -0.4 is 10.1 Å². The Balaban J connectivity index is 1.50. The quantitative estimate of drug-likeness (QED) is 0.270. The maximum Gasteiger partial charge on any atom is 0.332 e. The first-order valence-corrected chi connectivity index (χ1v) is 11.5. The Bertz CT molecular complexity index is 1320. The highest BCUT2D eigenvalue weighted by molar-refractivity contribution is 5.93. The van der Waals surface area contributed by atoms with Gasteiger partial charge in [-0.25, -0.2) is 4.79 Å². The number of nitrogens with zero attached hydrogens (tertiary/aromatic N) is 1. The standard InChI is InChI=1S/C28H27N3O5/c1-36-26-10-6-5-9-22(26)23-17-24(31-30-23)27(33)29-21(16-25(32)28(34)35)15-18-11-13-20(14-12-18)19-7-3-2-4-8-19/h2-14,17,21,25,32H,15-16H2,1H3,(H,29,33)(H,30,31)(H,34,35)/t21?,25-/m1/s1. The average molecular weight is 486 g/mol. The van der Waals surface area contributed by atoms with Crippen LogP contribution in [0.5, 0.6) is 5.75 Å². The monoisotopic (exact) mass is 485 g/mol. The van der Waals surface area contributed by atoms with Gasteiger partial charge in [0.25, 0.3) is 5.91 Å². The summed E-state index contributed by atoms with van der Waals surface area (Å²) in [6, 6.07) is 26.1. The van der Waals surface area contributed by atoms with E-state index in [9.17, 15) is 19.8 Å². The van der Waals surface area contributed by atoms with E-state index in [1.54, 1.807) is 19.2 Å². The van der Waals surface area contributed by atoms with E-state index in [1.165, 1.54) is 0 Å². The SMILES string of the molecule is COc1ccccc1-c1cc(C(=O)NC(Cc2ccc(-c3ccccc3)cc2)C[C@@H](O)C(=O)O)[nH]n1. The van der Waals surface area contributed by atoms with Crippen LogP contribution >= 0.6 is 0 Å². The highest BCUT2D eigenvalue weighted by Gasteiger charge is 2.23. The molecule has 1 unspecified atom stereocenters. The molecule has 0 saturated carbocycles. The van der Waals surface area contributed by atoms with Gasteiger partial charge in [-0.3, -0.25) is 9.89 Å². The van der Waals surface area contributed by atoms with Crippen molar-refractivity contribution in [1.82, 2.24) is 15.5 Å². The number of rotatable bonds is 10. The summed E-state index contributed by atoms with van der Waals surface area (Å²) < 4.78 is 5.37. The van der Waals surface area contributed by atoms with Gasteiger partial charge in [0.15, 0.2) is 6.10 Å². The largest absolute Gasteiger partial charge is 0.496 e. The molecule has 0 bridgehead atoms. The number of ether oxygens (including phenoxy) is 1. The van der Waals surface area contributed by atoms with Gasteiger partial charge in [0.05, 0.1) is 12.8 Å². The minimum Gasteiger partial charge on any atom is -0.496 e. The highest BCUT2D eigenvalue weighted by Crippen LogP contribution is 2.28. The van der Waals surface area contributed by atoms with Crippen LogP contribution in [0, 0.1) is 0 Å². The van der Waals surface area contributed by atoms with Crippen molar-refractivity contribution in [1.29, 1.82) is 0 Å². The van der Waals surface area contributed by atoms with Crippen LogP contribution in [0.2, 0.25) is 0 Å². The van der Waals surface area contributed by atoms with Gasteiger partial charge >= 0.3 is 5.97 Å². The molecule has 4 aromatic rings. The fourth-order valence-electron chi connectivity index (χ4n) is 4.01. The van der Waals surface area contributed by atoms with Gasteiger partial charge in [0, 0.05) is 18.0 Å². The Kier molecular flexibility index (Phi) is 7.77. The van der Waals surface area contributed by atoms with Gasteiger partial charge in [0.1, 0.15) is 11.4 Å². The van der Waals surface area contributed by atoms with E-state index < -0.39 is 24.0 Å². The summed E-state index contributed by atoms with van der Waals surface area (Å²) in [6.07, 6.45) is -1.40. The number of benzene rings is 3. The Morgan fingerprint density at radius 3 is 2.33 bits per heavy atom. The number of aliphatic hydroxyl groups is 1. The van der Waals surface area contributed by atoms with Crippen LogP contribution in [0.1, 0.15) is 22.5 Å². The number of carbonyl (C=O) groups excluding carboxylic acids is 1. The van der Waals surface area contributed by atoms with E-state index in [1.807, 2.05) is 72.8 Å². The number of carbonyl (C=O) groups is 2. The first-order valence-electron chi connectivity index (χ1n) is 11.5. The lowest BCUT2D eigenvalue weighted by Crippen LogP contribution is -2.40. The molecule has 8 nitrogen and oxygen atoms in total. The van der Waals surface area contributed by atoms with E-state index in [0.29, 0.717) is 17.9 Å². The van der Waals surface area contributed by atoms with Gasteiger partial charge in [0.2, 0.25) is 0 Å². The van der Waals surface area contributed by atoms with Crippen LogP contribution in [-0.4, -0.2) is 51.5 Å². The van der Waals surface area contributed by atoms with Crippen molar-refractivity contribution < 1.29 is 24.5 Å². The molecule has 4 rings (SSSR count). The molecule has 184 valence electrons. The zero-order valence-electron chi connectivity index (χ0n) is 19.7. The number of carboxylic acid groups (broad SMARTS) is 1. The summed E-state index contributed by atoms with van der Waals surface area (Å²) in [5.74, 6) is -1.17. The van der Waals surface area contributed by atoms with E-state index in [2.05, 4.69) is 15.5 Å². The third-order valence-corrected chi connectivity index (χ3v) is 5.88. The number of nitrogens with one attached hydrogen (secondary N) is 2. The van der Waals surface area contributed by atoms with Crippen molar-refractivity contribution in [3.8, 4) is 28.1 Å². The lowest BCUT2D eigenvalue weighted by Gasteiger charge is -2.20. The number of aromatic nitrogens is 2. The van der Waals surface area contributed by atoms with Crippen molar-refractivity contribution in [2.24, 2.45) is 0 Å². The van der Waals surface area contributed by atoms with E-state index in [0.717, 1.165) is 22.3 Å². The molecule has 4 N–H and O–H groups in total. The third kappa shape index (κ3) is 5.97. The molecule has 0 fully saturated rings. The molecular formula is C28H27N3O5. The predicted molar refractivity (Wildman–Crippen MR) is 136 cm³/mol. The lowest BCUT2D eigenvalue weighted by molar-refractivity contribution is -0.147. The molecular weight excluding hydrogens is 458 g/mol. The highest BCUT2D eigenvalue weighted by atomic mass is 16.5. The van der Waals surface area contributed by atoms with Crippen molar-refractivity contribution in [3.05, 3.63) is 96.2 Å². The van der Waals surface area contributed by atoms with Crippen LogP contribution in [-0.2, 0) is 11.2 Å². The smallest absolute Gasteiger partial charge is 0.332 e. The summed E-state index contributed by atoms with van der Waals surface area (Å²) in [7, 11) is 1.56.